The molecule has 0 aliphatic heterocycles. The van der Waals surface area contributed by atoms with Gasteiger partial charge in [0.15, 0.2) is 0 Å². The Morgan fingerprint density at radius 2 is 2.11 bits per heavy atom. The van der Waals surface area contributed by atoms with Gasteiger partial charge in [-0.15, -0.1) is 0 Å². The molecule has 3 aliphatic rings. The topological polar surface area (TPSA) is 63.3 Å². The molecule has 19 heavy (non-hydrogen) atoms. The number of hydrogen-bond acceptors (Lipinski definition) is 2. The molecule has 3 aliphatic carbocycles. The monoisotopic (exact) mass is 265 g/mol. The Hall–Kier alpha value is -0.830. The molecule has 4 atom stereocenters. The van der Waals surface area contributed by atoms with E-state index in [1.54, 1.807) is 0 Å². The number of nitrogens with two attached hydrogens (primary N) is 1. The Bertz CT molecular complexity index is 362. The molecule has 0 spiro atoms. The van der Waals surface area contributed by atoms with Gasteiger partial charge in [-0.25, -0.2) is 0 Å². The number of hydrogen-bond donors (Lipinski definition) is 2. The Kier molecular flexibility index (Phi) is 4.34. The lowest BCUT2D eigenvalue weighted by Crippen LogP contribution is -2.61. The van der Waals surface area contributed by atoms with Crippen LogP contribution in [0.4, 0.5) is 0 Å². The van der Waals surface area contributed by atoms with Crippen LogP contribution in [-0.4, -0.2) is 17.1 Å². The van der Waals surface area contributed by atoms with Crippen molar-refractivity contribution in [3.05, 3.63) is 12.2 Å². The zero-order chi connectivity index (χ0) is 14.0. The molecule has 0 aromatic rings. The third-order valence-electron chi connectivity index (χ3n) is 5.51. The minimum Gasteiger partial charge on any atom is -0.481 e. The summed E-state index contributed by atoms with van der Waals surface area (Å²) in [5.74, 6) is 1.50. The number of unbranched alkanes of at least 4 members (excludes halogenated alkanes) is 1. The lowest BCUT2D eigenvalue weighted by atomic mass is 9.45. The van der Waals surface area contributed by atoms with Crippen LogP contribution in [0.1, 0.15) is 52.4 Å². The number of carboxylic acid groups (broad SMARTS) is 1. The summed E-state index contributed by atoms with van der Waals surface area (Å²) in [4.78, 5) is 10.4. The molecule has 3 heteroatoms. The maximum Gasteiger partial charge on any atom is 0.303 e. The maximum absolute atomic E-state index is 10.4. The number of aliphatic carboxylic acids is 1. The van der Waals surface area contributed by atoms with Crippen molar-refractivity contribution >= 4 is 5.97 Å². The van der Waals surface area contributed by atoms with E-state index in [2.05, 4.69) is 26.0 Å². The summed E-state index contributed by atoms with van der Waals surface area (Å²) in [6, 6.07) is 0.351. The summed E-state index contributed by atoms with van der Waals surface area (Å²) in [6.45, 7) is 4.73. The van der Waals surface area contributed by atoms with Crippen LogP contribution in [0, 0.1) is 23.2 Å². The van der Waals surface area contributed by atoms with Crippen molar-refractivity contribution in [3.63, 3.8) is 0 Å². The highest BCUT2D eigenvalue weighted by molar-refractivity contribution is 5.66. The van der Waals surface area contributed by atoms with E-state index in [4.69, 9.17) is 10.8 Å². The number of carboxylic acids is 1. The van der Waals surface area contributed by atoms with Crippen LogP contribution in [0.15, 0.2) is 12.2 Å². The molecule has 3 fully saturated rings. The fraction of sp³-hybridized carbons (Fsp3) is 0.812. The highest BCUT2D eigenvalue weighted by Gasteiger charge is 2.56. The van der Waals surface area contributed by atoms with Crippen LogP contribution in [-0.2, 0) is 4.79 Å². The average molecular weight is 265 g/mol. The van der Waals surface area contributed by atoms with Gasteiger partial charge in [-0.05, 0) is 55.3 Å². The van der Waals surface area contributed by atoms with Crippen molar-refractivity contribution in [1.29, 1.82) is 0 Å². The van der Waals surface area contributed by atoms with Gasteiger partial charge < -0.3 is 10.8 Å². The lowest BCUT2D eigenvalue weighted by molar-refractivity contribution is -0.137. The fourth-order valence-electron chi connectivity index (χ4n) is 3.97. The first-order valence-corrected chi connectivity index (χ1v) is 7.55. The Labute approximate surface area is 116 Å². The molecule has 3 saturated carbocycles. The summed E-state index contributed by atoms with van der Waals surface area (Å²) in [6.07, 6.45) is 9.87. The molecular weight excluding hydrogens is 238 g/mol. The summed E-state index contributed by atoms with van der Waals surface area (Å²) < 4.78 is 0. The van der Waals surface area contributed by atoms with E-state index < -0.39 is 5.97 Å². The molecule has 3 nitrogen and oxygen atoms in total. The first-order chi connectivity index (χ1) is 8.93. The molecular formula is C16H27NO2. The van der Waals surface area contributed by atoms with E-state index in [1.807, 2.05) is 0 Å². The van der Waals surface area contributed by atoms with Crippen LogP contribution in [0.25, 0.3) is 0 Å². The molecule has 3 rings (SSSR count). The summed E-state index contributed by atoms with van der Waals surface area (Å²) in [5, 5.41) is 8.55. The number of fused-ring (bicyclic) bond motifs is 2. The zero-order valence-corrected chi connectivity index (χ0v) is 12.1. The number of allylic oxidation sites excluding steroid dienone is 2. The van der Waals surface area contributed by atoms with Crippen LogP contribution in [0.2, 0.25) is 0 Å². The highest BCUT2D eigenvalue weighted by Crippen LogP contribution is 2.60. The third kappa shape index (κ3) is 3.02. The van der Waals surface area contributed by atoms with Gasteiger partial charge in [-0.3, -0.25) is 4.79 Å². The van der Waals surface area contributed by atoms with Crippen LogP contribution >= 0.6 is 0 Å². The van der Waals surface area contributed by atoms with Crippen LogP contribution in [0.5, 0.6) is 0 Å². The van der Waals surface area contributed by atoms with Crippen LogP contribution in [0.3, 0.4) is 0 Å². The largest absolute Gasteiger partial charge is 0.481 e. The minimum atomic E-state index is -0.704. The Morgan fingerprint density at radius 3 is 2.68 bits per heavy atom. The van der Waals surface area contributed by atoms with E-state index in [0.29, 0.717) is 23.3 Å². The molecule has 4 unspecified atom stereocenters. The van der Waals surface area contributed by atoms with Crippen molar-refractivity contribution in [3.8, 4) is 0 Å². The summed E-state index contributed by atoms with van der Waals surface area (Å²) in [5.41, 5.74) is 6.86. The second-order valence-electron chi connectivity index (χ2n) is 6.93. The van der Waals surface area contributed by atoms with Gasteiger partial charge in [-0.2, -0.15) is 0 Å². The van der Waals surface area contributed by atoms with Crippen molar-refractivity contribution in [2.24, 2.45) is 28.9 Å². The van der Waals surface area contributed by atoms with E-state index in [0.717, 1.165) is 25.2 Å². The third-order valence-corrected chi connectivity index (χ3v) is 5.51. The predicted molar refractivity (Wildman–Crippen MR) is 76.7 cm³/mol. The summed E-state index contributed by atoms with van der Waals surface area (Å²) in [7, 11) is 0. The second-order valence-corrected chi connectivity index (χ2v) is 6.93. The normalized spacial score (nSPS) is 36.2. The molecule has 108 valence electrons. The van der Waals surface area contributed by atoms with Gasteiger partial charge in [-0.1, -0.05) is 26.0 Å². The molecule has 2 bridgehead atoms. The number of carbonyl (C=O) groups is 1. The second kappa shape index (κ2) is 5.66. The first kappa shape index (κ1) is 14.6. The van der Waals surface area contributed by atoms with E-state index in [-0.39, 0.29) is 6.42 Å². The van der Waals surface area contributed by atoms with Crippen molar-refractivity contribution in [2.75, 3.05) is 0 Å². The SMILES string of the molecule is CC1(C)C2CC(C/C=C/CCCC(=O)O)C(N)C1C2. The maximum atomic E-state index is 10.4. The zero-order valence-electron chi connectivity index (χ0n) is 12.1. The molecule has 0 heterocycles. The van der Waals surface area contributed by atoms with Gasteiger partial charge in [0.2, 0.25) is 0 Å². The van der Waals surface area contributed by atoms with E-state index in [1.165, 1.54) is 12.8 Å². The predicted octanol–water partition coefficient (Wildman–Crippen LogP) is 3.20. The summed E-state index contributed by atoms with van der Waals surface area (Å²) >= 11 is 0. The van der Waals surface area contributed by atoms with Gasteiger partial charge in [0, 0.05) is 12.5 Å². The molecule has 3 N–H and O–H groups in total. The Morgan fingerprint density at radius 1 is 1.37 bits per heavy atom. The van der Waals surface area contributed by atoms with Crippen molar-refractivity contribution in [1.82, 2.24) is 0 Å². The quantitative estimate of drug-likeness (QED) is 0.572. The van der Waals surface area contributed by atoms with Gasteiger partial charge in [0.25, 0.3) is 0 Å². The van der Waals surface area contributed by atoms with E-state index >= 15 is 0 Å². The van der Waals surface area contributed by atoms with E-state index in [9.17, 15) is 4.79 Å². The Balaban J connectivity index is 1.70. The van der Waals surface area contributed by atoms with Crippen molar-refractivity contribution < 1.29 is 9.90 Å². The molecule has 0 amide bonds. The highest BCUT2D eigenvalue weighted by atomic mass is 16.4. The van der Waals surface area contributed by atoms with Crippen molar-refractivity contribution in [2.45, 2.75) is 58.4 Å². The molecule has 0 aromatic carbocycles. The van der Waals surface area contributed by atoms with Gasteiger partial charge in [0.1, 0.15) is 0 Å². The smallest absolute Gasteiger partial charge is 0.303 e. The average Bonchev–Trinajstić information content (AvgIpc) is 2.34. The fourth-order valence-corrected chi connectivity index (χ4v) is 3.97. The standard InChI is InChI=1S/C16H27NO2/c1-16(2)12-9-11(15(17)13(16)10-12)7-5-3-4-6-8-14(18)19/h3,5,11-13,15H,4,6-10,17H2,1-2H3,(H,18,19)/b5-3+. The molecule has 0 aromatic heterocycles. The lowest BCUT2D eigenvalue weighted by Gasteiger charge is -2.61. The molecule has 0 radical (unpaired) electrons. The van der Waals surface area contributed by atoms with Gasteiger partial charge in [0.05, 0.1) is 0 Å². The minimum absolute atomic E-state index is 0.269. The van der Waals surface area contributed by atoms with Gasteiger partial charge >= 0.3 is 5.97 Å². The first-order valence-electron chi connectivity index (χ1n) is 7.55. The van der Waals surface area contributed by atoms with Crippen LogP contribution < -0.4 is 5.73 Å². The molecule has 0 saturated heterocycles. The number of rotatable bonds is 6.